The van der Waals surface area contributed by atoms with Crippen molar-refractivity contribution in [2.75, 3.05) is 0 Å². The number of alkyl halides is 3. The first-order valence-corrected chi connectivity index (χ1v) is 3.27. The van der Waals surface area contributed by atoms with Crippen molar-refractivity contribution in [3.8, 4) is 0 Å². The molecule has 0 amide bonds. The minimum Gasteiger partial charge on any atom is -0.419 e. The van der Waals surface area contributed by atoms with E-state index in [2.05, 4.69) is 4.74 Å². The van der Waals surface area contributed by atoms with Crippen molar-refractivity contribution >= 4 is 41.3 Å². The van der Waals surface area contributed by atoms with E-state index in [0.29, 0.717) is 0 Å². The normalized spacial score (nSPS) is 14.7. The lowest BCUT2D eigenvalue weighted by atomic mass is 10.5. The van der Waals surface area contributed by atoms with Gasteiger partial charge in [-0.2, -0.15) is 0 Å². The van der Waals surface area contributed by atoms with Crippen LogP contribution in [0.5, 0.6) is 0 Å². The lowest BCUT2D eigenvalue weighted by Crippen LogP contribution is -2.26. The van der Waals surface area contributed by atoms with E-state index in [4.69, 9.17) is 34.8 Å². The van der Waals surface area contributed by atoms with Crippen LogP contribution in [0.1, 0.15) is 6.92 Å². The molecule has 0 aromatic rings. The van der Waals surface area contributed by atoms with Crippen LogP contribution in [0.25, 0.3) is 0 Å². The van der Waals surface area contributed by atoms with Gasteiger partial charge in [0.1, 0.15) is 5.38 Å². The third kappa shape index (κ3) is 3.14. The molecule has 0 rings (SSSR count). The molecule has 0 saturated heterocycles. The van der Waals surface area contributed by atoms with E-state index in [1.54, 1.807) is 0 Å². The highest BCUT2D eigenvalue weighted by Gasteiger charge is 2.32. The molecule has 2 nitrogen and oxygen atoms in total. The van der Waals surface area contributed by atoms with Gasteiger partial charge >= 0.3 is 6.47 Å². The molecule has 0 aliphatic rings. The zero-order valence-electron chi connectivity index (χ0n) is 4.53. The summed E-state index contributed by atoms with van der Waals surface area (Å²) in [6, 6.07) is 0. The Balaban J connectivity index is 3.84. The molecule has 1 radical (unpaired) electrons. The van der Waals surface area contributed by atoms with Crippen molar-refractivity contribution in [1.29, 1.82) is 0 Å². The molecule has 0 fully saturated rings. The Morgan fingerprint density at radius 3 is 2.22 bits per heavy atom. The largest absolute Gasteiger partial charge is 0.420 e. The molecule has 0 bridgehead atoms. The topological polar surface area (TPSA) is 26.3 Å². The summed E-state index contributed by atoms with van der Waals surface area (Å²) >= 11 is 16.0. The number of carbonyl (C=O) groups excluding carboxylic acids is 1. The molecule has 0 aliphatic carbocycles. The molecule has 1 unspecified atom stereocenters. The predicted octanol–water partition coefficient (Wildman–Crippen LogP) is 1.83. The Bertz CT molecular complexity index is 102. The monoisotopic (exact) mass is 189 g/mol. The van der Waals surface area contributed by atoms with E-state index in [1.807, 2.05) is 0 Å². The molecule has 9 heavy (non-hydrogen) atoms. The van der Waals surface area contributed by atoms with Crippen LogP contribution in [-0.4, -0.2) is 16.4 Å². The standard InChI is InChI=1S/C4H4Cl3O2/c1-3(5)4(6,7)9-2-8/h3H,1H3. The fourth-order valence-corrected chi connectivity index (χ4v) is 0.244. The highest BCUT2D eigenvalue weighted by molar-refractivity contribution is 6.51. The molecule has 53 valence electrons. The van der Waals surface area contributed by atoms with E-state index < -0.39 is 9.90 Å². The SMILES string of the molecule is CC(Cl)C(Cl)(Cl)O[C]=O. The summed E-state index contributed by atoms with van der Waals surface area (Å²) in [5.74, 6) is 0. The minimum atomic E-state index is -1.66. The fourth-order valence-electron chi connectivity index (χ4n) is 0.137. The first-order valence-electron chi connectivity index (χ1n) is 2.07. The Morgan fingerprint density at radius 1 is 1.67 bits per heavy atom. The number of hydrogen-bond donors (Lipinski definition) is 0. The quantitative estimate of drug-likeness (QED) is 0.635. The van der Waals surface area contributed by atoms with Gasteiger partial charge in [0.25, 0.3) is 4.52 Å². The average Bonchev–Trinajstić information content (AvgIpc) is 1.65. The van der Waals surface area contributed by atoms with Gasteiger partial charge in [-0.15, -0.1) is 11.6 Å². The van der Waals surface area contributed by atoms with Crippen LogP contribution >= 0.6 is 34.8 Å². The molecule has 1 atom stereocenters. The maximum absolute atomic E-state index is 9.55. The zero-order valence-corrected chi connectivity index (χ0v) is 6.80. The zero-order chi connectivity index (χ0) is 7.49. The molecule has 5 heteroatoms. The third-order valence-corrected chi connectivity index (χ3v) is 1.98. The lowest BCUT2D eigenvalue weighted by molar-refractivity contribution is 0.211. The predicted molar refractivity (Wildman–Crippen MR) is 36.5 cm³/mol. The maximum atomic E-state index is 9.55. The lowest BCUT2D eigenvalue weighted by Gasteiger charge is -2.17. The Hall–Kier alpha value is 0.340. The molecular weight excluding hydrogens is 186 g/mol. The number of ether oxygens (including phenoxy) is 1. The summed E-state index contributed by atoms with van der Waals surface area (Å²) in [4.78, 5) is 9.55. The fraction of sp³-hybridized carbons (Fsp3) is 0.750. The van der Waals surface area contributed by atoms with Crippen molar-refractivity contribution in [2.24, 2.45) is 0 Å². The van der Waals surface area contributed by atoms with Crippen molar-refractivity contribution < 1.29 is 9.53 Å². The van der Waals surface area contributed by atoms with E-state index in [0.717, 1.165) is 6.47 Å². The van der Waals surface area contributed by atoms with Gasteiger partial charge in [0.15, 0.2) is 0 Å². The number of halogens is 3. The summed E-state index contributed by atoms with van der Waals surface area (Å²) < 4.78 is 2.42. The van der Waals surface area contributed by atoms with Gasteiger partial charge in [-0.05, 0) is 6.92 Å². The van der Waals surface area contributed by atoms with Gasteiger partial charge < -0.3 is 4.74 Å². The Kier molecular flexibility index (Phi) is 3.63. The first-order chi connectivity index (χ1) is 4.00. The highest BCUT2D eigenvalue weighted by Crippen LogP contribution is 2.29. The molecule has 0 heterocycles. The van der Waals surface area contributed by atoms with Crippen LogP contribution in [0.15, 0.2) is 0 Å². The maximum Gasteiger partial charge on any atom is 0.420 e. The first kappa shape index (κ1) is 9.34. The smallest absolute Gasteiger partial charge is 0.419 e. The van der Waals surface area contributed by atoms with Gasteiger partial charge in [-0.1, -0.05) is 23.2 Å². The van der Waals surface area contributed by atoms with Gasteiger partial charge in [-0.25, -0.2) is 4.79 Å². The van der Waals surface area contributed by atoms with Gasteiger partial charge in [0.05, 0.1) is 0 Å². The van der Waals surface area contributed by atoms with Gasteiger partial charge in [0.2, 0.25) is 0 Å². The second-order valence-electron chi connectivity index (χ2n) is 1.36. The van der Waals surface area contributed by atoms with Crippen molar-refractivity contribution in [3.05, 3.63) is 0 Å². The second kappa shape index (κ2) is 3.49. The van der Waals surface area contributed by atoms with Crippen molar-refractivity contribution in [2.45, 2.75) is 16.8 Å². The summed E-state index contributed by atoms with van der Waals surface area (Å²) in [6.45, 7) is 2.59. The van der Waals surface area contributed by atoms with Crippen LogP contribution in [-0.2, 0) is 9.53 Å². The third-order valence-electron chi connectivity index (χ3n) is 0.641. The van der Waals surface area contributed by atoms with Crippen molar-refractivity contribution in [1.82, 2.24) is 0 Å². The molecule has 0 aromatic heterocycles. The Labute approximate surface area is 68.0 Å². The van der Waals surface area contributed by atoms with Crippen LogP contribution in [0.3, 0.4) is 0 Å². The van der Waals surface area contributed by atoms with Crippen LogP contribution < -0.4 is 0 Å². The molecule has 0 spiro atoms. The Morgan fingerprint density at radius 2 is 2.11 bits per heavy atom. The van der Waals surface area contributed by atoms with E-state index in [1.165, 1.54) is 6.92 Å². The highest BCUT2D eigenvalue weighted by atomic mass is 35.5. The summed E-state index contributed by atoms with van der Waals surface area (Å²) in [5.41, 5.74) is 0. The molecule has 0 aromatic carbocycles. The molecule has 0 aliphatic heterocycles. The van der Waals surface area contributed by atoms with Gasteiger partial charge in [-0.3, -0.25) is 0 Å². The van der Waals surface area contributed by atoms with E-state index in [9.17, 15) is 4.79 Å². The molecular formula is C4H4Cl3O2. The van der Waals surface area contributed by atoms with Crippen LogP contribution in [0, 0.1) is 0 Å². The number of hydrogen-bond acceptors (Lipinski definition) is 2. The summed E-state index contributed by atoms with van der Waals surface area (Å²) in [7, 11) is 0. The van der Waals surface area contributed by atoms with Crippen LogP contribution in [0.2, 0.25) is 0 Å². The van der Waals surface area contributed by atoms with E-state index >= 15 is 0 Å². The molecule has 0 saturated carbocycles. The summed E-state index contributed by atoms with van der Waals surface area (Å²) in [5, 5.41) is -0.665. The van der Waals surface area contributed by atoms with Crippen molar-refractivity contribution in [3.63, 3.8) is 0 Å². The van der Waals surface area contributed by atoms with Crippen LogP contribution in [0.4, 0.5) is 0 Å². The van der Waals surface area contributed by atoms with Gasteiger partial charge in [0, 0.05) is 0 Å². The number of rotatable bonds is 3. The average molecular weight is 190 g/mol. The summed E-state index contributed by atoms with van der Waals surface area (Å²) in [6.07, 6.45) is 0. The minimum absolute atomic E-state index is 0.665. The van der Waals surface area contributed by atoms with E-state index in [-0.39, 0.29) is 0 Å². The second-order valence-corrected chi connectivity index (χ2v) is 3.33. The molecule has 0 N–H and O–H groups in total.